The molecular weight excluding hydrogens is 417 g/mol. The molecule has 33 heavy (non-hydrogen) atoms. The quantitative estimate of drug-likeness (QED) is 0.528. The van der Waals surface area contributed by atoms with E-state index < -0.39 is 5.82 Å². The number of hydrogen-bond acceptors (Lipinski definition) is 4. The Labute approximate surface area is 193 Å². The van der Waals surface area contributed by atoms with Crippen molar-refractivity contribution in [3.05, 3.63) is 66.5 Å². The third-order valence-corrected chi connectivity index (χ3v) is 6.92. The van der Waals surface area contributed by atoms with Crippen molar-refractivity contribution in [1.82, 2.24) is 5.32 Å². The molecule has 3 aromatic carbocycles. The first-order chi connectivity index (χ1) is 15.9. The molecule has 3 aromatic rings. The molecule has 0 saturated carbocycles. The van der Waals surface area contributed by atoms with Gasteiger partial charge in [0.05, 0.1) is 5.69 Å². The molecule has 5 nitrogen and oxygen atoms in total. The van der Waals surface area contributed by atoms with Crippen molar-refractivity contribution in [2.45, 2.75) is 19.8 Å². The normalized spacial score (nSPS) is 19.9. The van der Waals surface area contributed by atoms with Gasteiger partial charge < -0.3 is 20.6 Å². The zero-order valence-electron chi connectivity index (χ0n) is 18.7. The Kier molecular flexibility index (Phi) is 5.54. The zero-order chi connectivity index (χ0) is 23.0. The predicted octanol–water partition coefficient (Wildman–Crippen LogP) is 5.01. The summed E-state index contributed by atoms with van der Waals surface area (Å²) >= 11 is 0. The summed E-state index contributed by atoms with van der Waals surface area (Å²) in [6, 6.07) is 18.3. The zero-order valence-corrected chi connectivity index (χ0v) is 18.7. The predicted molar refractivity (Wildman–Crippen MR) is 130 cm³/mol. The number of para-hydroxylation sites is 1. The van der Waals surface area contributed by atoms with Gasteiger partial charge in [-0.25, -0.2) is 4.39 Å². The Morgan fingerprint density at radius 3 is 2.52 bits per heavy atom. The minimum atomic E-state index is -0.543. The Hall–Kier alpha value is -3.38. The number of phenolic OH excluding ortho intramolecular Hbond substituents is 1. The van der Waals surface area contributed by atoms with Crippen molar-refractivity contribution in [1.29, 1.82) is 0 Å². The molecule has 2 aliphatic rings. The summed E-state index contributed by atoms with van der Waals surface area (Å²) in [5.41, 5.74) is 4.38. The van der Waals surface area contributed by atoms with E-state index in [-0.39, 0.29) is 17.3 Å². The van der Waals surface area contributed by atoms with Gasteiger partial charge in [0.25, 0.3) is 0 Å². The molecule has 2 fully saturated rings. The first-order valence-electron chi connectivity index (χ1n) is 11.4. The number of phenols is 1. The SMILES string of the molecule is CC(=O)Nc1ccc(-c2cccc(-c3cccc(N4CCC5(CCNC5)C4)c3)c2O)cc1F. The topological polar surface area (TPSA) is 64.6 Å². The number of rotatable bonds is 4. The van der Waals surface area contributed by atoms with Gasteiger partial charge in [-0.2, -0.15) is 0 Å². The highest BCUT2D eigenvalue weighted by atomic mass is 19.1. The lowest BCUT2D eigenvalue weighted by Crippen LogP contribution is -2.29. The molecule has 1 amide bonds. The van der Waals surface area contributed by atoms with E-state index in [9.17, 15) is 14.3 Å². The van der Waals surface area contributed by atoms with Gasteiger partial charge in [-0.1, -0.05) is 36.4 Å². The number of aromatic hydroxyl groups is 1. The van der Waals surface area contributed by atoms with Crippen LogP contribution in [-0.2, 0) is 4.79 Å². The number of halogens is 1. The average Bonchev–Trinajstić information content (AvgIpc) is 3.45. The first kappa shape index (κ1) is 21.5. The average molecular weight is 446 g/mol. The Morgan fingerprint density at radius 1 is 1.06 bits per heavy atom. The van der Waals surface area contributed by atoms with E-state index in [4.69, 9.17) is 0 Å². The molecule has 5 rings (SSSR count). The number of nitrogens with one attached hydrogen (secondary N) is 2. The van der Waals surface area contributed by atoms with Crippen molar-refractivity contribution in [3.8, 4) is 28.0 Å². The molecule has 170 valence electrons. The highest BCUT2D eigenvalue weighted by Gasteiger charge is 2.40. The molecule has 0 bridgehead atoms. The molecule has 1 unspecified atom stereocenters. The number of carbonyl (C=O) groups is 1. The van der Waals surface area contributed by atoms with Crippen LogP contribution in [0.4, 0.5) is 15.8 Å². The number of nitrogens with zero attached hydrogens (tertiary/aromatic N) is 1. The van der Waals surface area contributed by atoms with Crippen LogP contribution in [-0.4, -0.2) is 37.2 Å². The summed E-state index contributed by atoms with van der Waals surface area (Å²) in [4.78, 5) is 13.7. The van der Waals surface area contributed by atoms with Crippen LogP contribution >= 0.6 is 0 Å². The maximum Gasteiger partial charge on any atom is 0.221 e. The van der Waals surface area contributed by atoms with Crippen LogP contribution in [0.25, 0.3) is 22.3 Å². The number of benzene rings is 3. The number of hydrogen-bond donors (Lipinski definition) is 3. The van der Waals surface area contributed by atoms with Gasteiger partial charge in [-0.15, -0.1) is 0 Å². The fraction of sp³-hybridized carbons (Fsp3) is 0.296. The van der Waals surface area contributed by atoms with Crippen molar-refractivity contribution >= 4 is 17.3 Å². The second kappa shape index (κ2) is 8.52. The summed E-state index contributed by atoms with van der Waals surface area (Å²) in [5, 5.41) is 17.1. The van der Waals surface area contributed by atoms with Gasteiger partial charge in [-0.3, -0.25) is 4.79 Å². The van der Waals surface area contributed by atoms with Gasteiger partial charge in [0.1, 0.15) is 11.6 Å². The van der Waals surface area contributed by atoms with Crippen molar-refractivity contribution in [3.63, 3.8) is 0 Å². The second-order valence-corrected chi connectivity index (χ2v) is 9.23. The minimum absolute atomic E-state index is 0.110. The molecule has 6 heteroatoms. The maximum absolute atomic E-state index is 14.5. The largest absolute Gasteiger partial charge is 0.507 e. The van der Waals surface area contributed by atoms with E-state index in [0.29, 0.717) is 22.1 Å². The summed E-state index contributed by atoms with van der Waals surface area (Å²) in [7, 11) is 0. The van der Waals surface area contributed by atoms with Gasteiger partial charge in [-0.05, 0) is 54.8 Å². The van der Waals surface area contributed by atoms with Crippen LogP contribution < -0.4 is 15.5 Å². The van der Waals surface area contributed by atoms with E-state index in [1.165, 1.54) is 31.9 Å². The minimum Gasteiger partial charge on any atom is -0.507 e. The van der Waals surface area contributed by atoms with Crippen LogP contribution in [0.3, 0.4) is 0 Å². The second-order valence-electron chi connectivity index (χ2n) is 9.23. The van der Waals surface area contributed by atoms with Crippen molar-refractivity contribution in [2.75, 3.05) is 36.4 Å². The highest BCUT2D eigenvalue weighted by Crippen LogP contribution is 2.42. The lowest BCUT2D eigenvalue weighted by atomic mass is 9.86. The number of carbonyl (C=O) groups excluding carboxylic acids is 1. The summed E-state index contributed by atoms with van der Waals surface area (Å²) in [5.74, 6) is -0.766. The maximum atomic E-state index is 14.5. The molecule has 3 N–H and O–H groups in total. The van der Waals surface area contributed by atoms with Crippen molar-refractivity contribution in [2.24, 2.45) is 5.41 Å². The third kappa shape index (κ3) is 4.18. The summed E-state index contributed by atoms with van der Waals surface area (Å²) < 4.78 is 14.5. The molecule has 2 saturated heterocycles. The van der Waals surface area contributed by atoms with Gasteiger partial charge in [0, 0.05) is 48.8 Å². The first-order valence-corrected chi connectivity index (χ1v) is 11.4. The number of anilines is 2. The van der Waals surface area contributed by atoms with Crippen LogP contribution in [0.15, 0.2) is 60.7 Å². The third-order valence-electron chi connectivity index (χ3n) is 6.92. The molecule has 2 aliphatic heterocycles. The molecule has 0 aliphatic carbocycles. The molecule has 1 atom stereocenters. The van der Waals surface area contributed by atoms with Crippen LogP contribution in [0.2, 0.25) is 0 Å². The summed E-state index contributed by atoms with van der Waals surface area (Å²) in [6.07, 6.45) is 2.42. The van der Waals surface area contributed by atoms with Crippen molar-refractivity contribution < 1.29 is 14.3 Å². The monoisotopic (exact) mass is 445 g/mol. The Balaban J connectivity index is 1.44. The van der Waals surface area contributed by atoms with Gasteiger partial charge in [0.2, 0.25) is 5.91 Å². The Bertz CT molecular complexity index is 1200. The fourth-order valence-electron chi connectivity index (χ4n) is 5.15. The molecule has 1 spiro atoms. The van der Waals surface area contributed by atoms with E-state index in [0.717, 1.165) is 37.4 Å². The van der Waals surface area contributed by atoms with E-state index >= 15 is 0 Å². The van der Waals surface area contributed by atoms with E-state index in [1.807, 2.05) is 24.3 Å². The van der Waals surface area contributed by atoms with E-state index in [1.54, 1.807) is 12.1 Å². The van der Waals surface area contributed by atoms with Crippen LogP contribution in [0, 0.1) is 11.2 Å². The Morgan fingerprint density at radius 2 is 1.82 bits per heavy atom. The molecule has 0 radical (unpaired) electrons. The molecule has 2 heterocycles. The summed E-state index contributed by atoms with van der Waals surface area (Å²) in [6.45, 7) is 5.61. The van der Waals surface area contributed by atoms with Gasteiger partial charge in [0.15, 0.2) is 0 Å². The number of amides is 1. The van der Waals surface area contributed by atoms with E-state index in [2.05, 4.69) is 27.7 Å². The molecular formula is C27H28FN3O2. The van der Waals surface area contributed by atoms with Gasteiger partial charge >= 0.3 is 0 Å². The molecule has 0 aromatic heterocycles. The standard InChI is InChI=1S/C27H28FN3O2/c1-18(32)30-25-9-8-20(15-24(25)28)23-7-3-6-22(26(23)33)19-4-2-5-21(14-19)31-13-11-27(17-31)10-12-29-16-27/h2-9,14-15,29,33H,10-13,16-17H2,1H3,(H,30,32). The van der Waals surface area contributed by atoms with Crippen LogP contribution in [0.5, 0.6) is 5.75 Å². The van der Waals surface area contributed by atoms with Crippen LogP contribution in [0.1, 0.15) is 19.8 Å². The fourth-order valence-corrected chi connectivity index (χ4v) is 5.15. The smallest absolute Gasteiger partial charge is 0.221 e. The highest BCUT2D eigenvalue weighted by molar-refractivity contribution is 5.89. The lowest BCUT2D eigenvalue weighted by Gasteiger charge is -2.24. The lowest BCUT2D eigenvalue weighted by molar-refractivity contribution is -0.114.